The first kappa shape index (κ1) is 18.3. The van der Waals surface area contributed by atoms with E-state index < -0.39 is 23.7 Å². The van der Waals surface area contributed by atoms with Crippen molar-refractivity contribution in [1.82, 2.24) is 5.32 Å². The van der Waals surface area contributed by atoms with E-state index in [1.165, 1.54) is 25.3 Å². The predicted molar refractivity (Wildman–Crippen MR) is 91.0 cm³/mol. The normalized spacial score (nSPS) is 11.5. The molecule has 0 aliphatic heterocycles. The highest BCUT2D eigenvalue weighted by Gasteiger charge is 2.20. The van der Waals surface area contributed by atoms with Crippen LogP contribution in [0.15, 0.2) is 36.4 Å². The summed E-state index contributed by atoms with van der Waals surface area (Å²) >= 11 is 0. The van der Waals surface area contributed by atoms with Gasteiger partial charge in [-0.25, -0.2) is 4.39 Å². The van der Waals surface area contributed by atoms with Gasteiger partial charge in [0.05, 0.1) is 18.8 Å². The Hall–Kier alpha value is -3.09. The molecule has 0 fully saturated rings. The van der Waals surface area contributed by atoms with Crippen molar-refractivity contribution in [3.05, 3.63) is 53.3 Å². The van der Waals surface area contributed by atoms with E-state index in [0.717, 1.165) is 0 Å². The number of benzene rings is 2. The summed E-state index contributed by atoms with van der Waals surface area (Å²) in [4.78, 5) is 24.0. The van der Waals surface area contributed by atoms with E-state index in [4.69, 9.17) is 4.74 Å². The molecular weight excluding hydrogens is 327 g/mol. The minimum absolute atomic E-state index is 0.0430. The third-order valence-electron chi connectivity index (χ3n) is 3.63. The van der Waals surface area contributed by atoms with Gasteiger partial charge in [-0.3, -0.25) is 9.59 Å². The summed E-state index contributed by atoms with van der Waals surface area (Å²) < 4.78 is 18.8. The average molecular weight is 346 g/mol. The van der Waals surface area contributed by atoms with Crippen molar-refractivity contribution in [2.75, 3.05) is 12.4 Å². The van der Waals surface area contributed by atoms with Gasteiger partial charge in [-0.1, -0.05) is 6.07 Å². The summed E-state index contributed by atoms with van der Waals surface area (Å²) in [7, 11) is 1.48. The first-order chi connectivity index (χ1) is 11.8. The van der Waals surface area contributed by atoms with Gasteiger partial charge in [-0.15, -0.1) is 0 Å². The lowest BCUT2D eigenvalue weighted by Gasteiger charge is -2.16. The van der Waals surface area contributed by atoms with E-state index in [9.17, 15) is 19.1 Å². The number of carbonyl (C=O) groups excluding carboxylic acids is 2. The van der Waals surface area contributed by atoms with E-state index >= 15 is 0 Å². The van der Waals surface area contributed by atoms with E-state index in [2.05, 4.69) is 10.6 Å². The number of halogens is 1. The van der Waals surface area contributed by atoms with Crippen LogP contribution >= 0.6 is 0 Å². The molecule has 0 heterocycles. The van der Waals surface area contributed by atoms with Crippen molar-refractivity contribution in [1.29, 1.82) is 0 Å². The largest absolute Gasteiger partial charge is 0.508 e. The van der Waals surface area contributed by atoms with Crippen molar-refractivity contribution >= 4 is 17.5 Å². The van der Waals surface area contributed by atoms with Gasteiger partial charge >= 0.3 is 11.8 Å². The summed E-state index contributed by atoms with van der Waals surface area (Å²) in [5.41, 5.74) is 1.01. The van der Waals surface area contributed by atoms with Crippen molar-refractivity contribution in [2.24, 2.45) is 0 Å². The average Bonchev–Trinajstić information content (AvgIpc) is 2.57. The molecule has 1 atom stereocenters. The Bertz CT molecular complexity index is 808. The summed E-state index contributed by atoms with van der Waals surface area (Å²) in [5, 5.41) is 14.6. The number of aryl methyl sites for hydroxylation is 1. The Balaban J connectivity index is 2.06. The van der Waals surface area contributed by atoms with Crippen LogP contribution in [-0.4, -0.2) is 24.0 Å². The predicted octanol–water partition coefficient (Wildman–Crippen LogP) is 2.66. The van der Waals surface area contributed by atoms with Crippen LogP contribution in [0.2, 0.25) is 0 Å². The van der Waals surface area contributed by atoms with Gasteiger partial charge in [0.1, 0.15) is 17.3 Å². The molecule has 2 amide bonds. The molecule has 0 aliphatic rings. The number of nitrogens with one attached hydrogen (secondary N) is 2. The topological polar surface area (TPSA) is 87.7 Å². The van der Waals surface area contributed by atoms with Gasteiger partial charge in [-0.05, 0) is 49.7 Å². The SMILES string of the molecule is COc1ccc(O)c([C@H](C)NC(=O)C(=O)Nc2ccc(C)cc2F)c1. The number of hydrogen-bond acceptors (Lipinski definition) is 4. The second-order valence-corrected chi connectivity index (χ2v) is 5.56. The van der Waals surface area contributed by atoms with Crippen LogP contribution in [-0.2, 0) is 9.59 Å². The first-order valence-corrected chi connectivity index (χ1v) is 7.56. The van der Waals surface area contributed by atoms with E-state index in [0.29, 0.717) is 16.9 Å². The molecule has 132 valence electrons. The van der Waals surface area contributed by atoms with Crippen molar-refractivity contribution in [3.8, 4) is 11.5 Å². The second kappa shape index (κ2) is 7.65. The first-order valence-electron chi connectivity index (χ1n) is 7.56. The lowest BCUT2D eigenvalue weighted by molar-refractivity contribution is -0.136. The molecule has 0 spiro atoms. The molecule has 0 aliphatic carbocycles. The van der Waals surface area contributed by atoms with Crippen LogP contribution < -0.4 is 15.4 Å². The molecule has 2 aromatic rings. The standard InChI is InChI=1S/C18H19FN2O4/c1-10-4-6-15(14(19)8-10)21-18(24)17(23)20-11(2)13-9-12(25-3)5-7-16(13)22/h4-9,11,22H,1-3H3,(H,20,23)(H,21,24)/t11-/m0/s1. The molecule has 3 N–H and O–H groups in total. The maximum absolute atomic E-state index is 13.7. The van der Waals surface area contributed by atoms with Gasteiger partial charge in [0.15, 0.2) is 0 Å². The lowest BCUT2D eigenvalue weighted by atomic mass is 10.1. The van der Waals surface area contributed by atoms with E-state index in [1.807, 2.05) is 0 Å². The molecule has 2 aromatic carbocycles. The number of amides is 2. The number of ether oxygens (including phenoxy) is 1. The van der Waals surface area contributed by atoms with Crippen molar-refractivity contribution in [2.45, 2.75) is 19.9 Å². The van der Waals surface area contributed by atoms with Crippen LogP contribution in [0.5, 0.6) is 11.5 Å². The number of hydrogen-bond donors (Lipinski definition) is 3. The number of phenols is 1. The molecule has 0 bridgehead atoms. The molecule has 7 heteroatoms. The second-order valence-electron chi connectivity index (χ2n) is 5.56. The zero-order valence-corrected chi connectivity index (χ0v) is 14.1. The zero-order chi connectivity index (χ0) is 18.6. The Labute approximate surface area is 144 Å². The van der Waals surface area contributed by atoms with Crippen LogP contribution in [0.1, 0.15) is 24.1 Å². The highest BCUT2D eigenvalue weighted by Crippen LogP contribution is 2.28. The number of aromatic hydroxyl groups is 1. The number of phenolic OH excluding ortho intramolecular Hbond substituents is 1. The molecular formula is C18H19FN2O4. The molecule has 0 unspecified atom stereocenters. The lowest BCUT2D eigenvalue weighted by Crippen LogP contribution is -2.37. The quantitative estimate of drug-likeness (QED) is 0.743. The number of rotatable bonds is 4. The zero-order valence-electron chi connectivity index (χ0n) is 14.1. The Kier molecular flexibility index (Phi) is 5.59. The van der Waals surface area contributed by atoms with Crippen molar-refractivity contribution in [3.63, 3.8) is 0 Å². The van der Waals surface area contributed by atoms with Crippen LogP contribution in [0, 0.1) is 12.7 Å². The van der Waals surface area contributed by atoms with Gasteiger partial charge in [0.25, 0.3) is 0 Å². The Morgan fingerprint density at radius 3 is 2.52 bits per heavy atom. The van der Waals surface area contributed by atoms with Gasteiger partial charge in [0.2, 0.25) is 0 Å². The molecule has 0 saturated carbocycles. The fraction of sp³-hybridized carbons (Fsp3) is 0.222. The van der Waals surface area contributed by atoms with Crippen molar-refractivity contribution < 1.29 is 23.8 Å². The van der Waals surface area contributed by atoms with E-state index in [1.54, 1.807) is 32.0 Å². The number of methoxy groups -OCH3 is 1. The van der Waals surface area contributed by atoms with Gasteiger partial charge in [-0.2, -0.15) is 0 Å². The van der Waals surface area contributed by atoms with Crippen LogP contribution in [0.25, 0.3) is 0 Å². The summed E-state index contributed by atoms with van der Waals surface area (Å²) in [5.74, 6) is -2.12. The molecule has 2 rings (SSSR count). The molecule has 0 saturated heterocycles. The fourth-order valence-electron chi connectivity index (χ4n) is 2.25. The molecule has 0 aromatic heterocycles. The number of anilines is 1. The third-order valence-corrected chi connectivity index (χ3v) is 3.63. The molecule has 0 radical (unpaired) electrons. The highest BCUT2D eigenvalue weighted by molar-refractivity contribution is 6.39. The van der Waals surface area contributed by atoms with Crippen LogP contribution in [0.3, 0.4) is 0 Å². The maximum atomic E-state index is 13.7. The minimum Gasteiger partial charge on any atom is -0.508 e. The number of carbonyl (C=O) groups is 2. The summed E-state index contributed by atoms with van der Waals surface area (Å²) in [6.07, 6.45) is 0. The Morgan fingerprint density at radius 1 is 1.16 bits per heavy atom. The third kappa shape index (κ3) is 4.47. The molecule has 6 nitrogen and oxygen atoms in total. The fourth-order valence-corrected chi connectivity index (χ4v) is 2.25. The minimum atomic E-state index is -1.00. The summed E-state index contributed by atoms with van der Waals surface area (Å²) in [6, 6.07) is 8.15. The monoisotopic (exact) mass is 346 g/mol. The Morgan fingerprint density at radius 2 is 1.88 bits per heavy atom. The van der Waals surface area contributed by atoms with Gasteiger partial charge < -0.3 is 20.5 Å². The maximum Gasteiger partial charge on any atom is 0.313 e. The van der Waals surface area contributed by atoms with Crippen LogP contribution in [0.4, 0.5) is 10.1 Å². The highest BCUT2D eigenvalue weighted by atomic mass is 19.1. The summed E-state index contributed by atoms with van der Waals surface area (Å²) in [6.45, 7) is 3.32. The van der Waals surface area contributed by atoms with E-state index in [-0.39, 0.29) is 11.4 Å². The molecule has 25 heavy (non-hydrogen) atoms. The smallest absolute Gasteiger partial charge is 0.313 e. The van der Waals surface area contributed by atoms with Gasteiger partial charge in [0, 0.05) is 5.56 Å².